The van der Waals surface area contributed by atoms with Gasteiger partial charge in [-0.05, 0) is 12.5 Å². The minimum absolute atomic E-state index is 0.497. The number of aromatic nitrogens is 2. The molecule has 1 aromatic heterocycles. The van der Waals surface area contributed by atoms with Crippen LogP contribution in [0.4, 0.5) is 5.82 Å². The Bertz CT molecular complexity index is 595. The van der Waals surface area contributed by atoms with Crippen molar-refractivity contribution >= 4 is 5.82 Å². The summed E-state index contributed by atoms with van der Waals surface area (Å²) in [5.74, 6) is 2.02. The largest absolute Gasteiger partial charge is 0.496 e. The van der Waals surface area contributed by atoms with Gasteiger partial charge in [0.1, 0.15) is 5.75 Å². The molecule has 0 radical (unpaired) electrons. The molecule has 5 nitrogen and oxygen atoms in total. The molecule has 1 aromatic carbocycles. The maximum absolute atomic E-state index is 5.39. The summed E-state index contributed by atoms with van der Waals surface area (Å²) >= 11 is 0. The van der Waals surface area contributed by atoms with Crippen LogP contribution in [0, 0.1) is 0 Å². The molecule has 1 atom stereocenters. The van der Waals surface area contributed by atoms with E-state index in [1.165, 1.54) is 5.56 Å². The number of aryl methyl sites for hydroxylation is 1. The third kappa shape index (κ3) is 3.19. The molecule has 0 saturated carbocycles. The molecule has 1 fully saturated rings. The molecule has 1 aliphatic heterocycles. The second-order valence-electron chi connectivity index (χ2n) is 5.47. The predicted octanol–water partition coefficient (Wildman–Crippen LogP) is 1.80. The molecular weight excluding hydrogens is 264 g/mol. The lowest BCUT2D eigenvalue weighted by Crippen LogP contribution is -2.32. The number of ether oxygens (including phenoxy) is 1. The quantitative estimate of drug-likeness (QED) is 0.910. The van der Waals surface area contributed by atoms with Gasteiger partial charge in [0.25, 0.3) is 0 Å². The molecule has 0 spiro atoms. The smallest absolute Gasteiger partial charge is 0.150 e. The molecule has 1 aliphatic rings. The van der Waals surface area contributed by atoms with Gasteiger partial charge in [-0.15, -0.1) is 0 Å². The lowest BCUT2D eigenvalue weighted by atomic mass is 10.2. The summed E-state index contributed by atoms with van der Waals surface area (Å²) in [7, 11) is 3.67. The second-order valence-corrected chi connectivity index (χ2v) is 5.47. The molecular formula is C16H22N4O. The fraction of sp³-hybridized carbons (Fsp3) is 0.438. The van der Waals surface area contributed by atoms with Crippen LogP contribution < -0.4 is 15.0 Å². The van der Waals surface area contributed by atoms with Crippen LogP contribution in [0.5, 0.6) is 5.75 Å². The van der Waals surface area contributed by atoms with Crippen LogP contribution in [0.2, 0.25) is 0 Å². The first-order valence-corrected chi connectivity index (χ1v) is 7.36. The average Bonchev–Trinajstić information content (AvgIpc) is 3.14. The maximum atomic E-state index is 5.39. The van der Waals surface area contributed by atoms with E-state index in [0.29, 0.717) is 6.04 Å². The van der Waals surface area contributed by atoms with Crippen LogP contribution in [0.25, 0.3) is 0 Å². The van der Waals surface area contributed by atoms with Crippen molar-refractivity contribution in [3.05, 3.63) is 42.1 Å². The lowest BCUT2D eigenvalue weighted by molar-refractivity contribution is 0.405. The van der Waals surface area contributed by atoms with Crippen LogP contribution in [0.15, 0.2) is 36.5 Å². The van der Waals surface area contributed by atoms with E-state index in [9.17, 15) is 0 Å². The van der Waals surface area contributed by atoms with Gasteiger partial charge in [-0.3, -0.25) is 4.68 Å². The fourth-order valence-electron chi connectivity index (χ4n) is 2.81. The number of nitrogens with one attached hydrogen (secondary N) is 1. The zero-order valence-electron chi connectivity index (χ0n) is 12.6. The molecule has 1 N–H and O–H groups in total. The van der Waals surface area contributed by atoms with E-state index in [0.717, 1.165) is 37.6 Å². The highest BCUT2D eigenvalue weighted by atomic mass is 16.5. The molecule has 1 saturated heterocycles. The Balaban J connectivity index is 1.55. The van der Waals surface area contributed by atoms with Gasteiger partial charge >= 0.3 is 0 Å². The topological polar surface area (TPSA) is 42.3 Å². The van der Waals surface area contributed by atoms with Gasteiger partial charge < -0.3 is 15.0 Å². The summed E-state index contributed by atoms with van der Waals surface area (Å²) in [6, 6.07) is 10.7. The van der Waals surface area contributed by atoms with Gasteiger partial charge in [0.2, 0.25) is 0 Å². The second kappa shape index (κ2) is 6.18. The summed E-state index contributed by atoms with van der Waals surface area (Å²) in [4.78, 5) is 2.33. The van der Waals surface area contributed by atoms with Gasteiger partial charge in [0, 0.05) is 50.6 Å². The highest BCUT2D eigenvalue weighted by Gasteiger charge is 2.23. The molecule has 2 heterocycles. The standard InChI is InChI=1S/C16H22N4O/c1-19-9-8-16(18-19)20-10-7-14(12-20)17-11-13-5-3-4-6-15(13)21-2/h3-6,8-9,14,17H,7,10-12H2,1-2H3. The molecule has 0 aliphatic carbocycles. The fourth-order valence-corrected chi connectivity index (χ4v) is 2.81. The van der Waals surface area contributed by atoms with Crippen LogP contribution in [-0.4, -0.2) is 36.0 Å². The summed E-state index contributed by atoms with van der Waals surface area (Å²) in [5, 5.41) is 8.09. The molecule has 1 unspecified atom stereocenters. The Kier molecular flexibility index (Phi) is 4.10. The highest BCUT2D eigenvalue weighted by molar-refractivity contribution is 5.39. The Hall–Kier alpha value is -2.01. The van der Waals surface area contributed by atoms with Gasteiger partial charge in [-0.25, -0.2) is 0 Å². The molecule has 112 valence electrons. The van der Waals surface area contributed by atoms with Crippen LogP contribution in [-0.2, 0) is 13.6 Å². The summed E-state index contributed by atoms with van der Waals surface area (Å²) in [6.45, 7) is 2.90. The monoisotopic (exact) mass is 286 g/mol. The first-order chi connectivity index (χ1) is 10.3. The van der Waals surface area contributed by atoms with Crippen molar-refractivity contribution < 1.29 is 4.74 Å². The van der Waals surface area contributed by atoms with Crippen molar-refractivity contribution in [2.45, 2.75) is 19.0 Å². The van der Waals surface area contributed by atoms with Crippen LogP contribution in [0.3, 0.4) is 0 Å². The van der Waals surface area contributed by atoms with Crippen molar-refractivity contribution in [1.29, 1.82) is 0 Å². The zero-order valence-corrected chi connectivity index (χ0v) is 12.6. The molecule has 0 amide bonds. The summed E-state index contributed by atoms with van der Waals surface area (Å²) in [6.07, 6.45) is 3.14. The van der Waals surface area contributed by atoms with Gasteiger partial charge in [-0.2, -0.15) is 5.10 Å². The third-order valence-corrected chi connectivity index (χ3v) is 3.99. The van der Waals surface area contributed by atoms with Crippen molar-refractivity contribution in [2.75, 3.05) is 25.1 Å². The first kappa shape index (κ1) is 13.9. The highest BCUT2D eigenvalue weighted by Crippen LogP contribution is 2.20. The molecule has 0 bridgehead atoms. The summed E-state index contributed by atoms with van der Waals surface area (Å²) < 4.78 is 7.24. The van der Waals surface area contributed by atoms with E-state index in [4.69, 9.17) is 4.74 Å². The number of hydrogen-bond donors (Lipinski definition) is 1. The van der Waals surface area contributed by atoms with Crippen LogP contribution in [0.1, 0.15) is 12.0 Å². The Morgan fingerprint density at radius 3 is 2.95 bits per heavy atom. The van der Waals surface area contributed by atoms with Gasteiger partial charge in [0.15, 0.2) is 5.82 Å². The van der Waals surface area contributed by atoms with E-state index in [1.807, 2.05) is 36.1 Å². The number of methoxy groups -OCH3 is 1. The number of rotatable bonds is 5. The first-order valence-electron chi connectivity index (χ1n) is 7.36. The normalized spacial score (nSPS) is 18.2. The molecule has 5 heteroatoms. The van der Waals surface area contributed by atoms with Crippen molar-refractivity contribution in [1.82, 2.24) is 15.1 Å². The summed E-state index contributed by atoms with van der Waals surface area (Å²) in [5.41, 5.74) is 1.20. The molecule has 3 rings (SSSR count). The predicted molar refractivity (Wildman–Crippen MR) is 83.7 cm³/mol. The number of anilines is 1. The number of para-hydroxylation sites is 1. The Labute approximate surface area is 125 Å². The van der Waals surface area contributed by atoms with Gasteiger partial charge in [-0.1, -0.05) is 18.2 Å². The average molecular weight is 286 g/mol. The maximum Gasteiger partial charge on any atom is 0.150 e. The minimum atomic E-state index is 0.497. The van der Waals surface area contributed by atoms with Crippen molar-refractivity contribution in [3.63, 3.8) is 0 Å². The van der Waals surface area contributed by atoms with E-state index >= 15 is 0 Å². The molecule has 2 aromatic rings. The number of benzene rings is 1. The van der Waals surface area contributed by atoms with E-state index < -0.39 is 0 Å². The number of hydrogen-bond acceptors (Lipinski definition) is 4. The third-order valence-electron chi connectivity index (χ3n) is 3.99. The van der Waals surface area contributed by atoms with Crippen molar-refractivity contribution in [3.8, 4) is 5.75 Å². The van der Waals surface area contributed by atoms with Crippen molar-refractivity contribution in [2.24, 2.45) is 7.05 Å². The minimum Gasteiger partial charge on any atom is -0.496 e. The van der Waals surface area contributed by atoms with E-state index in [1.54, 1.807) is 7.11 Å². The van der Waals surface area contributed by atoms with E-state index in [-0.39, 0.29) is 0 Å². The van der Waals surface area contributed by atoms with Gasteiger partial charge in [0.05, 0.1) is 7.11 Å². The lowest BCUT2D eigenvalue weighted by Gasteiger charge is -2.17. The number of nitrogens with zero attached hydrogens (tertiary/aromatic N) is 3. The van der Waals surface area contributed by atoms with Crippen LogP contribution >= 0.6 is 0 Å². The SMILES string of the molecule is COc1ccccc1CNC1CCN(c2ccn(C)n2)C1. The van der Waals surface area contributed by atoms with E-state index in [2.05, 4.69) is 27.4 Å². The Morgan fingerprint density at radius 2 is 2.19 bits per heavy atom. The molecule has 21 heavy (non-hydrogen) atoms. The Morgan fingerprint density at radius 1 is 1.33 bits per heavy atom. The zero-order chi connectivity index (χ0) is 14.7.